The molecule has 0 aliphatic heterocycles. The molecule has 7 heteroatoms. The zero-order valence-corrected chi connectivity index (χ0v) is 11.3. The summed E-state index contributed by atoms with van der Waals surface area (Å²) >= 11 is 0. The predicted octanol–water partition coefficient (Wildman–Crippen LogP) is 0.592. The summed E-state index contributed by atoms with van der Waals surface area (Å²) in [4.78, 5) is 16.0. The molecule has 1 aliphatic carbocycles. The molecule has 3 rings (SSSR count). The first-order chi connectivity index (χ1) is 9.56. The third-order valence-electron chi connectivity index (χ3n) is 3.61. The summed E-state index contributed by atoms with van der Waals surface area (Å²) in [5.41, 5.74) is 1.29. The predicted molar refractivity (Wildman–Crippen MR) is 69.1 cm³/mol. The van der Waals surface area contributed by atoms with E-state index >= 15 is 0 Å². The summed E-state index contributed by atoms with van der Waals surface area (Å²) in [7, 11) is 0. The number of carbonyl (C=O) groups is 1. The van der Waals surface area contributed by atoms with E-state index in [9.17, 15) is 9.90 Å². The fourth-order valence-electron chi connectivity index (χ4n) is 2.47. The lowest BCUT2D eigenvalue weighted by Gasteiger charge is -2.41. The Morgan fingerprint density at radius 3 is 2.90 bits per heavy atom. The molecule has 1 aliphatic rings. The SMILES string of the molecule is Cc1cnn([C@H]2[C@H](O)C[C@@H]2NC(=O)c2ncoc2C)c1. The number of rotatable bonds is 3. The number of nitrogens with one attached hydrogen (secondary N) is 1. The van der Waals surface area contributed by atoms with Gasteiger partial charge in [0.05, 0.1) is 24.4 Å². The van der Waals surface area contributed by atoms with Crippen molar-refractivity contribution in [2.75, 3.05) is 0 Å². The highest BCUT2D eigenvalue weighted by molar-refractivity contribution is 5.93. The zero-order valence-electron chi connectivity index (χ0n) is 11.3. The molecule has 1 fully saturated rings. The summed E-state index contributed by atoms with van der Waals surface area (Å²) in [5, 5.41) is 17.0. The second kappa shape index (κ2) is 4.75. The number of aliphatic hydroxyl groups is 1. The third-order valence-corrected chi connectivity index (χ3v) is 3.61. The van der Waals surface area contributed by atoms with Crippen LogP contribution in [0.4, 0.5) is 0 Å². The Kier molecular flexibility index (Phi) is 3.06. The van der Waals surface area contributed by atoms with Gasteiger partial charge in [-0.25, -0.2) is 4.98 Å². The Bertz CT molecular complexity index is 633. The van der Waals surface area contributed by atoms with Crippen molar-refractivity contribution in [1.29, 1.82) is 0 Å². The Balaban J connectivity index is 1.72. The largest absolute Gasteiger partial charge is 0.448 e. The Hall–Kier alpha value is -2.15. The van der Waals surface area contributed by atoms with Crippen LogP contribution in [0.5, 0.6) is 0 Å². The number of aliphatic hydroxyl groups excluding tert-OH is 1. The lowest BCUT2D eigenvalue weighted by Crippen LogP contribution is -2.56. The van der Waals surface area contributed by atoms with Gasteiger partial charge < -0.3 is 14.8 Å². The van der Waals surface area contributed by atoms with Crippen molar-refractivity contribution < 1.29 is 14.3 Å². The van der Waals surface area contributed by atoms with Gasteiger partial charge in [-0.1, -0.05) is 0 Å². The Morgan fingerprint density at radius 2 is 2.35 bits per heavy atom. The van der Waals surface area contributed by atoms with Gasteiger partial charge in [0.2, 0.25) is 0 Å². The van der Waals surface area contributed by atoms with Crippen molar-refractivity contribution >= 4 is 5.91 Å². The Labute approximate surface area is 115 Å². The fourth-order valence-corrected chi connectivity index (χ4v) is 2.47. The number of amides is 1. The molecule has 0 radical (unpaired) electrons. The summed E-state index contributed by atoms with van der Waals surface area (Å²) in [6.45, 7) is 3.62. The van der Waals surface area contributed by atoms with Crippen molar-refractivity contribution in [3.63, 3.8) is 0 Å². The molecule has 7 nitrogen and oxygen atoms in total. The smallest absolute Gasteiger partial charge is 0.273 e. The van der Waals surface area contributed by atoms with Crippen LogP contribution < -0.4 is 5.32 Å². The van der Waals surface area contributed by atoms with Crippen molar-refractivity contribution in [3.05, 3.63) is 35.8 Å². The van der Waals surface area contributed by atoms with Gasteiger partial charge in [0.1, 0.15) is 5.76 Å². The van der Waals surface area contributed by atoms with Crippen LogP contribution in [0, 0.1) is 13.8 Å². The first-order valence-corrected chi connectivity index (χ1v) is 6.46. The number of nitrogens with zero attached hydrogens (tertiary/aromatic N) is 3. The van der Waals surface area contributed by atoms with E-state index in [1.54, 1.807) is 17.8 Å². The minimum absolute atomic E-state index is 0.159. The summed E-state index contributed by atoms with van der Waals surface area (Å²) in [6.07, 6.45) is 4.83. The van der Waals surface area contributed by atoms with Crippen LogP contribution in [-0.4, -0.2) is 37.9 Å². The number of carbonyl (C=O) groups excluding carboxylic acids is 1. The van der Waals surface area contributed by atoms with E-state index in [1.807, 2.05) is 13.1 Å². The molecular weight excluding hydrogens is 260 g/mol. The first kappa shape index (κ1) is 12.9. The van der Waals surface area contributed by atoms with Crippen LogP contribution in [0.1, 0.15) is 34.3 Å². The third kappa shape index (κ3) is 2.09. The minimum atomic E-state index is -0.502. The molecule has 2 aromatic rings. The quantitative estimate of drug-likeness (QED) is 0.856. The number of aromatic nitrogens is 3. The molecule has 106 valence electrons. The van der Waals surface area contributed by atoms with Crippen molar-refractivity contribution in [3.8, 4) is 0 Å². The highest BCUT2D eigenvalue weighted by Gasteiger charge is 2.43. The lowest BCUT2D eigenvalue weighted by molar-refractivity contribution is -0.00598. The van der Waals surface area contributed by atoms with Crippen LogP contribution >= 0.6 is 0 Å². The van der Waals surface area contributed by atoms with E-state index in [4.69, 9.17) is 4.42 Å². The maximum Gasteiger partial charge on any atom is 0.273 e. The number of aryl methyl sites for hydroxylation is 2. The van der Waals surface area contributed by atoms with E-state index < -0.39 is 6.10 Å². The molecule has 2 aromatic heterocycles. The summed E-state index contributed by atoms with van der Waals surface area (Å²) in [6, 6.07) is -0.396. The first-order valence-electron chi connectivity index (χ1n) is 6.46. The second-order valence-electron chi connectivity index (χ2n) is 5.13. The van der Waals surface area contributed by atoms with Gasteiger partial charge in [-0.2, -0.15) is 5.10 Å². The molecule has 0 bridgehead atoms. The van der Waals surface area contributed by atoms with E-state index in [-0.39, 0.29) is 23.7 Å². The van der Waals surface area contributed by atoms with Gasteiger partial charge >= 0.3 is 0 Å². The van der Waals surface area contributed by atoms with Gasteiger partial charge in [-0.05, 0) is 25.8 Å². The molecular formula is C13H16N4O3. The van der Waals surface area contributed by atoms with Crippen LogP contribution in [0.15, 0.2) is 23.2 Å². The summed E-state index contributed by atoms with van der Waals surface area (Å²) in [5.74, 6) is 0.191. The summed E-state index contributed by atoms with van der Waals surface area (Å²) < 4.78 is 6.71. The van der Waals surface area contributed by atoms with Crippen molar-refractivity contribution in [2.24, 2.45) is 0 Å². The second-order valence-corrected chi connectivity index (χ2v) is 5.13. The van der Waals surface area contributed by atoms with E-state index in [0.717, 1.165) is 5.56 Å². The lowest BCUT2D eigenvalue weighted by atomic mass is 9.83. The normalized spacial score (nSPS) is 25.2. The van der Waals surface area contributed by atoms with Gasteiger partial charge in [-0.15, -0.1) is 0 Å². The standard InChI is InChI=1S/C13H16N4O3/c1-7-4-15-17(5-7)12-9(3-10(12)18)16-13(19)11-8(2)20-6-14-11/h4-6,9-10,12,18H,3H2,1-2H3,(H,16,19)/t9-,10+,12+/m0/s1. The molecule has 2 N–H and O–H groups in total. The fraction of sp³-hybridized carbons (Fsp3) is 0.462. The van der Waals surface area contributed by atoms with Crippen LogP contribution in [0.3, 0.4) is 0 Å². The number of oxazole rings is 1. The van der Waals surface area contributed by atoms with Gasteiger partial charge in [0, 0.05) is 6.20 Å². The molecule has 0 unspecified atom stereocenters. The monoisotopic (exact) mass is 276 g/mol. The van der Waals surface area contributed by atoms with Crippen LogP contribution in [0.25, 0.3) is 0 Å². The van der Waals surface area contributed by atoms with Crippen molar-refractivity contribution in [2.45, 2.75) is 38.5 Å². The molecule has 0 saturated heterocycles. The minimum Gasteiger partial charge on any atom is -0.448 e. The molecule has 2 heterocycles. The van der Waals surface area contributed by atoms with E-state index in [1.165, 1.54) is 6.39 Å². The highest BCUT2D eigenvalue weighted by atomic mass is 16.3. The molecule has 20 heavy (non-hydrogen) atoms. The van der Waals surface area contributed by atoms with E-state index in [0.29, 0.717) is 12.2 Å². The molecule has 0 spiro atoms. The molecule has 1 saturated carbocycles. The molecule has 0 aromatic carbocycles. The maximum atomic E-state index is 12.1. The van der Waals surface area contributed by atoms with Gasteiger partial charge in [0.15, 0.2) is 12.1 Å². The maximum absolute atomic E-state index is 12.1. The number of hydrogen-bond acceptors (Lipinski definition) is 5. The topological polar surface area (TPSA) is 93.2 Å². The van der Waals surface area contributed by atoms with E-state index in [2.05, 4.69) is 15.4 Å². The number of hydrogen-bond donors (Lipinski definition) is 2. The zero-order chi connectivity index (χ0) is 14.3. The van der Waals surface area contributed by atoms with Crippen LogP contribution in [0.2, 0.25) is 0 Å². The average Bonchev–Trinajstić information content (AvgIpc) is 2.97. The van der Waals surface area contributed by atoms with Crippen molar-refractivity contribution in [1.82, 2.24) is 20.1 Å². The molecule has 3 atom stereocenters. The van der Waals surface area contributed by atoms with Gasteiger partial charge in [0.25, 0.3) is 5.91 Å². The highest BCUT2D eigenvalue weighted by Crippen LogP contribution is 2.32. The molecule has 1 amide bonds. The Morgan fingerprint density at radius 1 is 1.55 bits per heavy atom. The average molecular weight is 276 g/mol. The van der Waals surface area contributed by atoms with Crippen LogP contribution in [-0.2, 0) is 0 Å². The van der Waals surface area contributed by atoms with Gasteiger partial charge in [-0.3, -0.25) is 9.48 Å².